The average molecular weight is 932 g/mol. The van der Waals surface area contributed by atoms with Crippen molar-refractivity contribution in [2.24, 2.45) is 39.6 Å². The molecule has 1 saturated heterocycles. The highest BCUT2D eigenvalue weighted by atomic mass is 16.7. The van der Waals surface area contributed by atoms with Gasteiger partial charge in [0.2, 0.25) is 0 Å². The number of carbonyl (C=O) groups excluding carboxylic acids is 4. The Hall–Kier alpha value is -5.36. The van der Waals surface area contributed by atoms with Crippen LogP contribution < -0.4 is 20.8 Å². The van der Waals surface area contributed by atoms with Crippen molar-refractivity contribution < 1.29 is 58.6 Å². The fraction of sp³-hybridized carbons (Fsp3) is 0.600. The first-order valence-electron chi connectivity index (χ1n) is 23.4. The largest absolute Gasteiger partial charge is 0.507 e. The van der Waals surface area contributed by atoms with Crippen LogP contribution in [0.25, 0.3) is 10.8 Å². The third-order valence-corrected chi connectivity index (χ3v) is 13.6. The predicted octanol–water partition coefficient (Wildman–Crippen LogP) is 4.60. The summed E-state index contributed by atoms with van der Waals surface area (Å²) in [7, 11) is 3.65. The Balaban J connectivity index is 1.42. The minimum absolute atomic E-state index is 0.0490. The number of benzene rings is 2. The Morgan fingerprint density at radius 2 is 1.67 bits per heavy atom. The normalized spacial score (nSPS) is 29.0. The van der Waals surface area contributed by atoms with Crippen LogP contribution in [0.15, 0.2) is 46.1 Å². The Labute approximate surface area is 392 Å². The molecule has 0 aliphatic carbocycles. The molecule has 5 heterocycles. The summed E-state index contributed by atoms with van der Waals surface area (Å²) in [5.74, 6) is -8.47. The number of aromatic hydroxyl groups is 2. The molecule has 5 bridgehead atoms. The van der Waals surface area contributed by atoms with E-state index in [9.17, 15) is 39.6 Å². The number of allylic oxidation sites excluding steroid dienone is 3. The standard InChI is InChI=1S/C50H69N5O12/c1-26(2)25-55-20-18-50(19-21-55)52-37-34-35-42(58)31(7)44-36(34)45(60)49(9,67-44)65-23-13-12-17-33(66-48(63)32(8)47(62)64-24-22-54(10)11)29(5)41(57)30(6)40(56)27(3)15-14-16-28(4)46(61)51-39(43(35)59)38(37)53-50/h13-16,23,26-27,29-30,32-33,40-41,52,56-59H,12,17-22,24-25H2,1-11H3/b15-14+,23-13+,28-16-,51-39?/t27-,29-,30+,32?,33+,40-,41?,49?/m0/s1. The molecule has 17 heteroatoms. The first-order valence-corrected chi connectivity index (χ1v) is 23.4. The first kappa shape index (κ1) is 51.0. The van der Waals surface area contributed by atoms with Gasteiger partial charge in [-0.25, -0.2) is 4.99 Å². The Bertz CT molecular complexity index is 2470. The lowest BCUT2D eigenvalue weighted by molar-refractivity contribution is -0.168. The zero-order chi connectivity index (χ0) is 49.3. The predicted molar refractivity (Wildman–Crippen MR) is 250 cm³/mol. The van der Waals surface area contributed by atoms with Crippen LogP contribution in [0.1, 0.15) is 97.0 Å². The molecule has 2 aromatic carbocycles. The first-order chi connectivity index (χ1) is 31.5. The summed E-state index contributed by atoms with van der Waals surface area (Å²) in [4.78, 5) is 68.6. The number of fused-ring (bicyclic) bond motifs is 13. The summed E-state index contributed by atoms with van der Waals surface area (Å²) in [5, 5.41) is 50.7. The number of likely N-dealkylation sites (N-methyl/N-ethyl adjacent to an activating group) is 1. The van der Waals surface area contributed by atoms with Crippen molar-refractivity contribution >= 4 is 40.1 Å². The lowest BCUT2D eigenvalue weighted by Crippen LogP contribution is -2.47. The molecule has 5 aliphatic rings. The van der Waals surface area contributed by atoms with Crippen molar-refractivity contribution in [2.75, 3.05) is 52.2 Å². The number of hydrogen-bond donors (Lipinski definition) is 5. The number of rotatable bonds is 8. The Kier molecular flexibility index (Phi) is 15.6. The smallest absolute Gasteiger partial charge is 0.320 e. The Morgan fingerprint density at radius 3 is 2.33 bits per heavy atom. The van der Waals surface area contributed by atoms with Crippen LogP contribution in [0.2, 0.25) is 0 Å². The quantitative estimate of drug-likeness (QED) is 0.138. The highest BCUT2D eigenvalue weighted by Crippen LogP contribution is 2.51. The van der Waals surface area contributed by atoms with E-state index < -0.39 is 82.8 Å². The highest BCUT2D eigenvalue weighted by Gasteiger charge is 2.50. The number of aliphatic hydroxyl groups excluding tert-OH is 2. The molecule has 5 aliphatic heterocycles. The summed E-state index contributed by atoms with van der Waals surface area (Å²) in [5.41, 5.74) is -0.159. The minimum Gasteiger partial charge on any atom is -0.507 e. The second kappa shape index (κ2) is 20.5. The van der Waals surface area contributed by atoms with Crippen LogP contribution in [0.5, 0.6) is 17.2 Å². The van der Waals surface area contributed by atoms with Crippen LogP contribution in [-0.4, -0.2) is 130 Å². The number of ether oxygens (including phenoxy) is 4. The Morgan fingerprint density at radius 1 is 0.985 bits per heavy atom. The second-order valence-corrected chi connectivity index (χ2v) is 19.6. The van der Waals surface area contributed by atoms with Crippen LogP contribution in [0, 0.1) is 36.5 Å². The number of phenolic OH excluding ortho intramolecular Hbond substituents is 2. The van der Waals surface area contributed by atoms with Gasteiger partial charge in [-0.1, -0.05) is 52.8 Å². The maximum absolute atomic E-state index is 14.7. The van der Waals surface area contributed by atoms with E-state index >= 15 is 0 Å². The van der Waals surface area contributed by atoms with Gasteiger partial charge in [-0.15, -0.1) is 0 Å². The van der Waals surface area contributed by atoms with Gasteiger partial charge in [-0.2, -0.15) is 0 Å². The van der Waals surface area contributed by atoms with Crippen molar-refractivity contribution in [3.63, 3.8) is 0 Å². The van der Waals surface area contributed by atoms with Gasteiger partial charge in [0.15, 0.2) is 11.7 Å². The van der Waals surface area contributed by atoms with Gasteiger partial charge in [-0.05, 0) is 59.7 Å². The molecule has 0 saturated carbocycles. The number of likely N-dealkylation sites (tertiary alicyclic amines) is 1. The van der Waals surface area contributed by atoms with E-state index in [1.54, 1.807) is 52.8 Å². The maximum Gasteiger partial charge on any atom is 0.320 e. The maximum atomic E-state index is 14.7. The summed E-state index contributed by atoms with van der Waals surface area (Å²) in [6.45, 7) is 18.3. The monoisotopic (exact) mass is 931 g/mol. The van der Waals surface area contributed by atoms with Gasteiger partial charge in [0.05, 0.1) is 35.1 Å². The molecule has 1 amide bonds. The van der Waals surface area contributed by atoms with Gasteiger partial charge in [0.1, 0.15) is 40.6 Å². The molecular formula is C50H69N5O12. The molecular weight excluding hydrogens is 863 g/mol. The summed E-state index contributed by atoms with van der Waals surface area (Å²) >= 11 is 0. The topological polar surface area (TPSA) is 229 Å². The number of Topliss-reactive ketones (excluding diaryl/α,β-unsaturated/α-hetero) is 1. The molecule has 1 fully saturated rings. The number of nitrogens with zero attached hydrogens (tertiary/aromatic N) is 4. The van der Waals surface area contributed by atoms with E-state index in [1.165, 1.54) is 26.2 Å². The summed E-state index contributed by atoms with van der Waals surface area (Å²) in [6, 6.07) is 0. The number of carbonyl (C=O) groups is 4. The summed E-state index contributed by atoms with van der Waals surface area (Å²) in [6.07, 6.45) is 6.03. The van der Waals surface area contributed by atoms with E-state index in [-0.39, 0.29) is 69.1 Å². The van der Waals surface area contributed by atoms with E-state index in [4.69, 9.17) is 23.9 Å². The van der Waals surface area contributed by atoms with Gasteiger partial charge < -0.3 is 54.5 Å². The minimum atomic E-state index is -1.94. The van der Waals surface area contributed by atoms with Crippen LogP contribution in [0.4, 0.5) is 5.69 Å². The van der Waals surface area contributed by atoms with Crippen molar-refractivity contribution in [3.05, 3.63) is 58.0 Å². The molecule has 2 aromatic rings. The number of esters is 2. The number of amides is 1. The molecule has 17 nitrogen and oxygen atoms in total. The number of piperidine rings is 1. The molecule has 0 aromatic heterocycles. The van der Waals surface area contributed by atoms with Crippen molar-refractivity contribution in [3.8, 4) is 17.2 Å². The van der Waals surface area contributed by atoms with Gasteiger partial charge >= 0.3 is 17.7 Å². The van der Waals surface area contributed by atoms with Crippen LogP contribution in [-0.2, 0) is 28.6 Å². The third-order valence-electron chi connectivity index (χ3n) is 13.6. The number of aliphatic hydroxyl groups is 2. The van der Waals surface area contributed by atoms with E-state index in [1.807, 2.05) is 19.0 Å². The average Bonchev–Trinajstić information content (AvgIpc) is 3.78. The third kappa shape index (κ3) is 10.5. The van der Waals surface area contributed by atoms with Gasteiger partial charge in [0.25, 0.3) is 11.7 Å². The van der Waals surface area contributed by atoms with Crippen LogP contribution in [0.3, 0.4) is 0 Å². The van der Waals surface area contributed by atoms with Crippen molar-refractivity contribution in [1.29, 1.82) is 0 Å². The van der Waals surface area contributed by atoms with Crippen LogP contribution >= 0.6 is 0 Å². The molecule has 7 rings (SSSR count). The van der Waals surface area contributed by atoms with Crippen molar-refractivity contribution in [1.82, 2.24) is 9.80 Å². The second-order valence-electron chi connectivity index (χ2n) is 19.6. The molecule has 5 N–H and O–H groups in total. The molecule has 67 heavy (non-hydrogen) atoms. The highest BCUT2D eigenvalue weighted by molar-refractivity contribution is 6.21. The van der Waals surface area contributed by atoms with Crippen molar-refractivity contribution in [2.45, 2.75) is 118 Å². The van der Waals surface area contributed by atoms with E-state index in [2.05, 4.69) is 29.1 Å². The zero-order valence-corrected chi connectivity index (χ0v) is 40.7. The van der Waals surface area contributed by atoms with Gasteiger partial charge in [-0.3, -0.25) is 24.2 Å². The summed E-state index contributed by atoms with van der Waals surface area (Å²) < 4.78 is 23.6. The molecule has 366 valence electrons. The molecule has 3 unspecified atom stereocenters. The van der Waals surface area contributed by atoms with E-state index in [0.29, 0.717) is 44.1 Å². The van der Waals surface area contributed by atoms with Gasteiger partial charge in [0, 0.05) is 80.2 Å². The lowest BCUT2D eigenvalue weighted by Gasteiger charge is -2.38. The number of nitrogens with one attached hydrogen (secondary N) is 1. The zero-order valence-electron chi connectivity index (χ0n) is 40.7. The molecule has 0 radical (unpaired) electrons. The number of phenols is 2. The fourth-order valence-corrected chi connectivity index (χ4v) is 9.21. The lowest BCUT2D eigenvalue weighted by atomic mass is 9.81. The molecule has 1 spiro atoms. The number of hydrogen-bond acceptors (Lipinski definition) is 16. The fourth-order valence-electron chi connectivity index (χ4n) is 9.21. The SMILES string of the molecule is C/C1=C/C=C/[C@H](C)[C@H](O)[C@@H](C)C(O)[C@@H](C)[C@H](OC(=O)C(C)C(=O)OCCN(C)C)CC/C=C/OC2(C)Oc3c(C)c(O)c4c(O)c(c5c(c4c3C2=O)NC2(CCN(CC(C)C)CC2)N=5)=NC1=O. The number of anilines is 1. The number of ketones is 1. The molecule has 8 atom stereocenters. The van der Waals surface area contributed by atoms with E-state index in [0.717, 1.165) is 6.54 Å².